The minimum atomic E-state index is -0.988. The summed E-state index contributed by atoms with van der Waals surface area (Å²) in [7, 11) is 0. The summed E-state index contributed by atoms with van der Waals surface area (Å²) in [5, 5.41) is 9.78. The normalized spacial score (nSPS) is 21.8. The molecule has 1 aliphatic rings. The highest BCUT2D eigenvalue weighted by atomic mass is 16.6. The average molecular weight is 320 g/mol. The molecule has 1 atom stereocenters. The number of hydrogen-bond donors (Lipinski definition) is 1. The molecule has 0 bridgehead atoms. The van der Waals surface area contributed by atoms with Crippen LogP contribution in [0.5, 0.6) is 0 Å². The third-order valence-electron chi connectivity index (χ3n) is 3.95. The first-order valence-corrected chi connectivity index (χ1v) is 7.82. The molecule has 1 fully saturated rings. The monoisotopic (exact) mass is 320 g/mol. The number of carbonyl (C=O) groups is 2. The van der Waals surface area contributed by atoms with Crippen molar-refractivity contribution in [3.63, 3.8) is 0 Å². The van der Waals surface area contributed by atoms with E-state index in [2.05, 4.69) is 4.98 Å². The first-order valence-electron chi connectivity index (χ1n) is 7.82. The fourth-order valence-corrected chi connectivity index (χ4v) is 2.90. The molecule has 0 aliphatic carbocycles. The summed E-state index contributed by atoms with van der Waals surface area (Å²) in [4.78, 5) is 29.8. The minimum absolute atomic E-state index is 0.159. The van der Waals surface area contributed by atoms with Gasteiger partial charge in [-0.2, -0.15) is 0 Å². The Bertz CT molecular complexity index is 568. The van der Waals surface area contributed by atoms with E-state index < -0.39 is 23.1 Å². The van der Waals surface area contributed by atoms with E-state index in [4.69, 9.17) is 4.74 Å². The summed E-state index contributed by atoms with van der Waals surface area (Å²) in [6.07, 6.45) is 4.42. The molecule has 1 aromatic rings. The van der Waals surface area contributed by atoms with Crippen molar-refractivity contribution in [1.29, 1.82) is 0 Å². The first kappa shape index (κ1) is 17.2. The van der Waals surface area contributed by atoms with E-state index in [1.165, 1.54) is 4.90 Å². The van der Waals surface area contributed by atoms with Crippen molar-refractivity contribution in [2.45, 2.75) is 45.6 Å². The lowest BCUT2D eigenvalue weighted by atomic mass is 9.75. The maximum absolute atomic E-state index is 12.3. The van der Waals surface area contributed by atoms with Crippen molar-refractivity contribution >= 4 is 12.1 Å². The van der Waals surface area contributed by atoms with Crippen LogP contribution >= 0.6 is 0 Å². The lowest BCUT2D eigenvalue weighted by Crippen LogP contribution is -2.52. The zero-order valence-corrected chi connectivity index (χ0v) is 13.9. The Morgan fingerprint density at radius 3 is 2.74 bits per heavy atom. The number of rotatable bonds is 3. The molecule has 0 unspecified atom stereocenters. The number of nitrogens with zero attached hydrogens (tertiary/aromatic N) is 2. The van der Waals surface area contributed by atoms with Crippen molar-refractivity contribution in [2.75, 3.05) is 13.1 Å². The number of piperidine rings is 1. The number of aromatic nitrogens is 1. The third-order valence-corrected chi connectivity index (χ3v) is 3.95. The van der Waals surface area contributed by atoms with Crippen molar-refractivity contribution in [3.05, 3.63) is 30.1 Å². The molecule has 6 nitrogen and oxygen atoms in total. The summed E-state index contributed by atoms with van der Waals surface area (Å²) in [5.74, 6) is -0.880. The standard InChI is InChI=1S/C17H24N2O4/c1-16(2,3)23-15(22)19-9-5-7-17(12-19,14(20)21)10-13-6-4-8-18-11-13/h4,6,8,11H,5,7,9-10,12H2,1-3H3,(H,20,21)/t17-/m0/s1. The van der Waals surface area contributed by atoms with Crippen LogP contribution in [-0.2, 0) is 16.0 Å². The largest absolute Gasteiger partial charge is 0.481 e. The maximum Gasteiger partial charge on any atom is 0.410 e. The number of ether oxygens (including phenoxy) is 1. The summed E-state index contributed by atoms with van der Waals surface area (Å²) >= 11 is 0. The molecule has 1 aromatic heterocycles. The van der Waals surface area contributed by atoms with Gasteiger partial charge in [-0.25, -0.2) is 4.79 Å². The molecule has 23 heavy (non-hydrogen) atoms. The van der Waals surface area contributed by atoms with E-state index in [-0.39, 0.29) is 6.54 Å². The average Bonchev–Trinajstić information content (AvgIpc) is 2.46. The molecule has 0 radical (unpaired) electrons. The number of carbonyl (C=O) groups excluding carboxylic acids is 1. The molecule has 1 saturated heterocycles. The lowest BCUT2D eigenvalue weighted by Gasteiger charge is -2.40. The third kappa shape index (κ3) is 4.43. The van der Waals surface area contributed by atoms with Gasteiger partial charge < -0.3 is 14.7 Å². The fraction of sp³-hybridized carbons (Fsp3) is 0.588. The Labute approximate surface area is 136 Å². The van der Waals surface area contributed by atoms with Crippen LogP contribution in [0.2, 0.25) is 0 Å². The molecule has 0 saturated carbocycles. The second-order valence-electron chi connectivity index (χ2n) is 7.13. The quantitative estimate of drug-likeness (QED) is 0.926. The molecular weight excluding hydrogens is 296 g/mol. The first-order chi connectivity index (χ1) is 10.7. The topological polar surface area (TPSA) is 79.7 Å². The molecule has 126 valence electrons. The number of amides is 1. The van der Waals surface area contributed by atoms with Gasteiger partial charge in [0, 0.05) is 25.5 Å². The predicted molar refractivity (Wildman–Crippen MR) is 85.1 cm³/mol. The van der Waals surface area contributed by atoms with Gasteiger partial charge in [0.2, 0.25) is 0 Å². The Morgan fingerprint density at radius 2 is 2.17 bits per heavy atom. The molecule has 1 amide bonds. The van der Waals surface area contributed by atoms with Crippen molar-refractivity contribution in [3.8, 4) is 0 Å². The summed E-state index contributed by atoms with van der Waals surface area (Å²) < 4.78 is 5.38. The zero-order valence-electron chi connectivity index (χ0n) is 13.9. The van der Waals surface area contributed by atoms with Crippen molar-refractivity contribution < 1.29 is 19.4 Å². The second kappa shape index (κ2) is 6.56. The van der Waals surface area contributed by atoms with Crippen LogP contribution in [-0.4, -0.2) is 45.7 Å². The Balaban J connectivity index is 2.17. The second-order valence-corrected chi connectivity index (χ2v) is 7.13. The van der Waals surface area contributed by atoms with Crippen molar-refractivity contribution in [2.24, 2.45) is 5.41 Å². The highest BCUT2D eigenvalue weighted by molar-refractivity contribution is 5.77. The van der Waals surface area contributed by atoms with Gasteiger partial charge >= 0.3 is 12.1 Å². The van der Waals surface area contributed by atoms with Gasteiger partial charge in [-0.3, -0.25) is 9.78 Å². The number of hydrogen-bond acceptors (Lipinski definition) is 4. The molecule has 2 heterocycles. The van der Waals surface area contributed by atoms with E-state index >= 15 is 0 Å². The number of aliphatic carboxylic acids is 1. The molecule has 1 N–H and O–H groups in total. The van der Waals surface area contributed by atoms with E-state index in [9.17, 15) is 14.7 Å². The van der Waals surface area contributed by atoms with Crippen LogP contribution in [0.1, 0.15) is 39.2 Å². The van der Waals surface area contributed by atoms with Gasteiger partial charge in [0.15, 0.2) is 0 Å². The van der Waals surface area contributed by atoms with Gasteiger partial charge in [-0.05, 0) is 51.7 Å². The minimum Gasteiger partial charge on any atom is -0.481 e. The molecule has 1 aliphatic heterocycles. The zero-order chi connectivity index (χ0) is 17.1. The maximum atomic E-state index is 12.3. The van der Waals surface area contributed by atoms with Gasteiger partial charge in [0.05, 0.1) is 5.41 Å². The lowest BCUT2D eigenvalue weighted by molar-refractivity contribution is -0.152. The molecule has 0 aromatic carbocycles. The van der Waals surface area contributed by atoms with Crippen LogP contribution in [0.15, 0.2) is 24.5 Å². The van der Waals surface area contributed by atoms with Crippen LogP contribution in [0, 0.1) is 5.41 Å². The number of pyridine rings is 1. The number of likely N-dealkylation sites (tertiary alicyclic amines) is 1. The molecular formula is C17H24N2O4. The summed E-state index contributed by atoms with van der Waals surface area (Å²) in [6.45, 7) is 6.09. The highest BCUT2D eigenvalue weighted by Crippen LogP contribution is 2.34. The van der Waals surface area contributed by atoms with E-state index in [1.54, 1.807) is 39.2 Å². The van der Waals surface area contributed by atoms with Gasteiger partial charge in [0.1, 0.15) is 5.60 Å². The van der Waals surface area contributed by atoms with Gasteiger partial charge in [-0.15, -0.1) is 0 Å². The Morgan fingerprint density at radius 1 is 1.43 bits per heavy atom. The SMILES string of the molecule is CC(C)(C)OC(=O)N1CCC[C@@](Cc2cccnc2)(C(=O)O)C1. The smallest absolute Gasteiger partial charge is 0.410 e. The molecule has 0 spiro atoms. The Kier molecular flexibility index (Phi) is 4.92. The van der Waals surface area contributed by atoms with Crippen molar-refractivity contribution in [1.82, 2.24) is 9.88 Å². The molecule has 2 rings (SSSR count). The summed E-state index contributed by atoms with van der Waals surface area (Å²) in [6, 6.07) is 3.66. The van der Waals surface area contributed by atoms with E-state index in [1.807, 2.05) is 6.07 Å². The number of carboxylic acids is 1. The van der Waals surface area contributed by atoms with Crippen LogP contribution in [0.3, 0.4) is 0 Å². The van der Waals surface area contributed by atoms with Gasteiger partial charge in [0.25, 0.3) is 0 Å². The Hall–Kier alpha value is -2.11. The van der Waals surface area contributed by atoms with E-state index in [0.29, 0.717) is 25.8 Å². The van der Waals surface area contributed by atoms with Crippen LogP contribution in [0.4, 0.5) is 4.79 Å². The predicted octanol–water partition coefficient (Wildman–Crippen LogP) is 2.73. The van der Waals surface area contributed by atoms with Gasteiger partial charge in [-0.1, -0.05) is 6.07 Å². The van der Waals surface area contributed by atoms with E-state index in [0.717, 1.165) is 5.56 Å². The highest BCUT2D eigenvalue weighted by Gasteiger charge is 2.44. The number of carboxylic acid groups (broad SMARTS) is 1. The fourth-order valence-electron chi connectivity index (χ4n) is 2.90. The molecule has 6 heteroatoms. The van der Waals surface area contributed by atoms with Crippen LogP contribution < -0.4 is 0 Å². The van der Waals surface area contributed by atoms with Crippen LogP contribution in [0.25, 0.3) is 0 Å². The summed E-state index contributed by atoms with van der Waals surface area (Å²) in [5.41, 5.74) is -0.719.